The van der Waals surface area contributed by atoms with Gasteiger partial charge in [0.25, 0.3) is 0 Å². The van der Waals surface area contributed by atoms with Crippen LogP contribution in [0.5, 0.6) is 0 Å². The Morgan fingerprint density at radius 3 is 2.81 bits per heavy atom. The number of likely N-dealkylation sites (tertiary alicyclic amines) is 1. The van der Waals surface area contributed by atoms with E-state index in [1.54, 1.807) is 6.07 Å². The smallest absolute Gasteiger partial charge is 0.230 e. The van der Waals surface area contributed by atoms with E-state index in [4.69, 9.17) is 0 Å². The van der Waals surface area contributed by atoms with E-state index in [9.17, 15) is 9.59 Å². The fraction of sp³-hybridized carbons (Fsp3) is 0.562. The molecule has 1 aliphatic heterocycles. The number of pyridine rings is 1. The molecule has 21 heavy (non-hydrogen) atoms. The summed E-state index contributed by atoms with van der Waals surface area (Å²) in [4.78, 5) is 30.6. The minimum absolute atomic E-state index is 0.0954. The highest BCUT2D eigenvalue weighted by Gasteiger charge is 2.38. The number of anilines is 1. The molecule has 0 spiro atoms. The highest BCUT2D eigenvalue weighted by atomic mass is 16.2. The maximum absolute atomic E-state index is 12.3. The van der Waals surface area contributed by atoms with Gasteiger partial charge in [-0.2, -0.15) is 0 Å². The predicted molar refractivity (Wildman–Crippen MR) is 79.7 cm³/mol. The van der Waals surface area contributed by atoms with Crippen molar-refractivity contribution in [2.75, 3.05) is 11.9 Å². The molecule has 1 saturated heterocycles. The second-order valence-corrected chi connectivity index (χ2v) is 6.04. The molecule has 3 rings (SSSR count). The third kappa shape index (κ3) is 3.06. The first-order chi connectivity index (χ1) is 10.1. The molecule has 1 aliphatic carbocycles. The molecule has 0 aromatic carbocycles. The lowest BCUT2D eigenvalue weighted by atomic mass is 10.1. The van der Waals surface area contributed by atoms with Gasteiger partial charge in [0.05, 0.1) is 5.92 Å². The summed E-state index contributed by atoms with van der Waals surface area (Å²) in [5, 5.41) is 2.83. The van der Waals surface area contributed by atoms with Crippen molar-refractivity contribution >= 4 is 17.6 Å². The molecule has 5 nitrogen and oxygen atoms in total. The Hall–Kier alpha value is -1.91. The lowest BCUT2D eigenvalue weighted by Gasteiger charge is -2.23. The van der Waals surface area contributed by atoms with Crippen LogP contribution < -0.4 is 5.32 Å². The molecular formula is C16H21N3O2. The molecule has 2 fully saturated rings. The van der Waals surface area contributed by atoms with E-state index in [0.29, 0.717) is 24.8 Å². The standard InChI is InChI=1S/C16H21N3O2/c1-11-5-4-8-14(17-11)18-16(21)12-9-15(20)19(10-12)13-6-2-3-7-13/h4-5,8,12-13H,2-3,6-7,9-10H2,1H3,(H,17,18,21). The van der Waals surface area contributed by atoms with Crippen molar-refractivity contribution in [3.8, 4) is 0 Å². The zero-order valence-electron chi connectivity index (χ0n) is 12.3. The van der Waals surface area contributed by atoms with E-state index in [0.717, 1.165) is 18.5 Å². The summed E-state index contributed by atoms with van der Waals surface area (Å²) in [6.07, 6.45) is 4.88. The Balaban J connectivity index is 1.62. The van der Waals surface area contributed by atoms with Crippen molar-refractivity contribution in [1.82, 2.24) is 9.88 Å². The van der Waals surface area contributed by atoms with E-state index >= 15 is 0 Å². The van der Waals surface area contributed by atoms with E-state index < -0.39 is 0 Å². The van der Waals surface area contributed by atoms with Crippen LogP contribution in [0.1, 0.15) is 37.8 Å². The van der Waals surface area contributed by atoms with Gasteiger partial charge in [0, 0.05) is 24.7 Å². The molecule has 0 bridgehead atoms. The monoisotopic (exact) mass is 287 g/mol. The Morgan fingerprint density at radius 2 is 2.10 bits per heavy atom. The number of rotatable bonds is 3. The molecule has 1 aromatic heterocycles. The lowest BCUT2D eigenvalue weighted by Crippen LogP contribution is -2.35. The van der Waals surface area contributed by atoms with Gasteiger partial charge in [-0.05, 0) is 31.9 Å². The summed E-state index contributed by atoms with van der Waals surface area (Å²) in [5.74, 6) is 0.341. The number of nitrogens with one attached hydrogen (secondary N) is 1. The molecular weight excluding hydrogens is 266 g/mol. The van der Waals surface area contributed by atoms with Gasteiger partial charge in [0.1, 0.15) is 5.82 Å². The Bertz CT molecular complexity index is 552. The van der Waals surface area contributed by atoms with Crippen molar-refractivity contribution in [2.24, 2.45) is 5.92 Å². The summed E-state index contributed by atoms with van der Waals surface area (Å²) in [6.45, 7) is 2.44. The maximum atomic E-state index is 12.3. The first-order valence-electron chi connectivity index (χ1n) is 7.67. The summed E-state index contributed by atoms with van der Waals surface area (Å²) in [7, 11) is 0. The Labute approximate surface area is 124 Å². The van der Waals surface area contributed by atoms with Crippen molar-refractivity contribution < 1.29 is 9.59 Å². The van der Waals surface area contributed by atoms with Crippen molar-refractivity contribution in [3.05, 3.63) is 23.9 Å². The van der Waals surface area contributed by atoms with Crippen LogP contribution in [-0.2, 0) is 9.59 Å². The first-order valence-corrected chi connectivity index (χ1v) is 7.67. The maximum Gasteiger partial charge on any atom is 0.230 e. The Morgan fingerprint density at radius 1 is 1.33 bits per heavy atom. The van der Waals surface area contributed by atoms with E-state index in [1.807, 2.05) is 24.0 Å². The van der Waals surface area contributed by atoms with Gasteiger partial charge in [-0.1, -0.05) is 18.9 Å². The molecule has 1 saturated carbocycles. The molecule has 5 heteroatoms. The quantitative estimate of drug-likeness (QED) is 0.926. The van der Waals surface area contributed by atoms with Crippen LogP contribution in [0.15, 0.2) is 18.2 Å². The van der Waals surface area contributed by atoms with Crippen molar-refractivity contribution in [1.29, 1.82) is 0 Å². The summed E-state index contributed by atoms with van der Waals surface area (Å²) in [5.41, 5.74) is 0.864. The molecule has 1 unspecified atom stereocenters. The first kappa shape index (κ1) is 14.0. The third-order valence-electron chi connectivity index (χ3n) is 4.43. The number of aryl methyl sites for hydroxylation is 1. The van der Waals surface area contributed by atoms with Crippen LogP contribution in [-0.4, -0.2) is 34.3 Å². The third-order valence-corrected chi connectivity index (χ3v) is 4.43. The number of hydrogen-bond acceptors (Lipinski definition) is 3. The number of carbonyl (C=O) groups is 2. The second-order valence-electron chi connectivity index (χ2n) is 6.04. The molecule has 2 heterocycles. The lowest BCUT2D eigenvalue weighted by molar-refractivity contribution is -0.129. The second kappa shape index (κ2) is 5.84. The average Bonchev–Trinajstić information content (AvgIpc) is 3.07. The van der Waals surface area contributed by atoms with Crippen LogP contribution in [0.3, 0.4) is 0 Å². The van der Waals surface area contributed by atoms with Gasteiger partial charge >= 0.3 is 0 Å². The largest absolute Gasteiger partial charge is 0.339 e. The molecule has 1 atom stereocenters. The zero-order chi connectivity index (χ0) is 14.8. The van der Waals surface area contributed by atoms with Gasteiger partial charge < -0.3 is 10.2 Å². The normalized spacial score (nSPS) is 22.8. The van der Waals surface area contributed by atoms with Crippen LogP contribution in [0.2, 0.25) is 0 Å². The molecule has 112 valence electrons. The summed E-state index contributed by atoms with van der Waals surface area (Å²) >= 11 is 0. The van der Waals surface area contributed by atoms with Crippen molar-refractivity contribution in [3.63, 3.8) is 0 Å². The fourth-order valence-corrected chi connectivity index (χ4v) is 3.32. The fourth-order valence-electron chi connectivity index (χ4n) is 3.32. The number of hydrogen-bond donors (Lipinski definition) is 1. The van der Waals surface area contributed by atoms with Crippen LogP contribution in [0.25, 0.3) is 0 Å². The molecule has 2 aliphatic rings. The van der Waals surface area contributed by atoms with Crippen LogP contribution in [0, 0.1) is 12.8 Å². The highest BCUT2D eigenvalue weighted by Crippen LogP contribution is 2.29. The summed E-state index contributed by atoms with van der Waals surface area (Å²) in [6, 6.07) is 5.88. The SMILES string of the molecule is Cc1cccc(NC(=O)C2CC(=O)N(C3CCCC3)C2)n1. The van der Waals surface area contributed by atoms with Gasteiger partial charge in [0.15, 0.2) is 0 Å². The Kier molecular flexibility index (Phi) is 3.90. The molecule has 2 amide bonds. The minimum Gasteiger partial charge on any atom is -0.339 e. The number of amides is 2. The van der Waals surface area contributed by atoms with Crippen molar-refractivity contribution in [2.45, 2.75) is 45.1 Å². The predicted octanol–water partition coefficient (Wildman–Crippen LogP) is 2.12. The van der Waals surface area contributed by atoms with Gasteiger partial charge in [-0.25, -0.2) is 4.98 Å². The van der Waals surface area contributed by atoms with E-state index in [-0.39, 0.29) is 17.7 Å². The molecule has 1 aromatic rings. The van der Waals surface area contributed by atoms with Gasteiger partial charge in [-0.3, -0.25) is 9.59 Å². The number of aromatic nitrogens is 1. The van der Waals surface area contributed by atoms with E-state index in [1.165, 1.54) is 12.8 Å². The van der Waals surface area contributed by atoms with Gasteiger partial charge in [0.2, 0.25) is 11.8 Å². The van der Waals surface area contributed by atoms with Crippen LogP contribution >= 0.6 is 0 Å². The van der Waals surface area contributed by atoms with Crippen LogP contribution in [0.4, 0.5) is 5.82 Å². The topological polar surface area (TPSA) is 62.3 Å². The summed E-state index contributed by atoms with van der Waals surface area (Å²) < 4.78 is 0. The minimum atomic E-state index is -0.250. The molecule has 0 radical (unpaired) electrons. The highest BCUT2D eigenvalue weighted by molar-refractivity contribution is 5.96. The zero-order valence-corrected chi connectivity index (χ0v) is 12.3. The number of nitrogens with zero attached hydrogens (tertiary/aromatic N) is 2. The average molecular weight is 287 g/mol. The van der Waals surface area contributed by atoms with Gasteiger partial charge in [-0.15, -0.1) is 0 Å². The van der Waals surface area contributed by atoms with E-state index in [2.05, 4.69) is 10.3 Å². The molecule has 1 N–H and O–H groups in total. The number of carbonyl (C=O) groups excluding carboxylic acids is 2.